The van der Waals surface area contributed by atoms with Crippen molar-refractivity contribution in [2.24, 2.45) is 5.41 Å². The predicted octanol–water partition coefficient (Wildman–Crippen LogP) is 4.46. The summed E-state index contributed by atoms with van der Waals surface area (Å²) in [6, 6.07) is 2.01. The van der Waals surface area contributed by atoms with Crippen LogP contribution in [0.4, 0.5) is 32.0 Å². The third-order valence-electron chi connectivity index (χ3n) is 6.11. The molecule has 0 heterocycles. The summed E-state index contributed by atoms with van der Waals surface area (Å²) in [6.07, 6.45) is -8.71. The minimum atomic E-state index is -4.76. The van der Waals surface area contributed by atoms with Crippen LogP contribution in [0.25, 0.3) is 0 Å². The number of sulfonamides is 1. The topological polar surface area (TPSA) is 75.3 Å². The van der Waals surface area contributed by atoms with Crippen molar-refractivity contribution in [1.29, 1.82) is 0 Å². The Hall–Kier alpha value is -1.98. The van der Waals surface area contributed by atoms with E-state index in [1.807, 2.05) is 4.72 Å². The third-order valence-corrected chi connectivity index (χ3v) is 6.70. The zero-order valence-corrected chi connectivity index (χ0v) is 16.7. The quantitative estimate of drug-likeness (QED) is 0.655. The highest BCUT2D eigenvalue weighted by Gasteiger charge is 2.61. The van der Waals surface area contributed by atoms with Crippen LogP contribution in [-0.4, -0.2) is 32.3 Å². The zero-order chi connectivity index (χ0) is 22.6. The number of anilines is 1. The van der Waals surface area contributed by atoms with Crippen LogP contribution in [0.1, 0.15) is 54.4 Å². The van der Waals surface area contributed by atoms with Gasteiger partial charge in [0.1, 0.15) is 0 Å². The first-order chi connectivity index (χ1) is 13.6. The first-order valence-corrected chi connectivity index (χ1v) is 11.0. The van der Waals surface area contributed by atoms with E-state index in [-0.39, 0.29) is 44.2 Å². The number of alkyl halides is 6. The monoisotopic (exact) mass is 458 g/mol. The molecule has 0 atom stereocenters. The summed E-state index contributed by atoms with van der Waals surface area (Å²) in [7, 11) is -3.89. The van der Waals surface area contributed by atoms with Crippen molar-refractivity contribution < 1.29 is 39.6 Å². The molecule has 0 spiro atoms. The molecule has 1 amide bonds. The van der Waals surface area contributed by atoms with Crippen molar-refractivity contribution in [2.45, 2.75) is 56.4 Å². The van der Waals surface area contributed by atoms with Gasteiger partial charge in [0.15, 0.2) is 0 Å². The molecule has 4 rings (SSSR count). The maximum absolute atomic E-state index is 13.4. The van der Waals surface area contributed by atoms with Gasteiger partial charge in [-0.2, -0.15) is 26.3 Å². The van der Waals surface area contributed by atoms with Gasteiger partial charge in [0.05, 0.1) is 28.5 Å². The predicted molar refractivity (Wildman–Crippen MR) is 96.3 cm³/mol. The fourth-order valence-electron chi connectivity index (χ4n) is 4.30. The molecule has 0 aromatic heterocycles. The SMILES string of the molecule is CS(=O)(=O)Nc1ccc(C(F)(F)F)cc1C(=O)NC12CCC(C(F)(F)F)(CC1)CC2. The van der Waals surface area contributed by atoms with Crippen molar-refractivity contribution in [3.05, 3.63) is 29.3 Å². The van der Waals surface area contributed by atoms with E-state index in [2.05, 4.69) is 5.32 Å². The normalized spacial score (nSPS) is 27.0. The smallest absolute Gasteiger partial charge is 0.347 e. The first-order valence-electron chi connectivity index (χ1n) is 9.14. The van der Waals surface area contributed by atoms with Gasteiger partial charge in [0, 0.05) is 5.54 Å². The summed E-state index contributed by atoms with van der Waals surface area (Å²) < 4.78 is 104. The molecular weight excluding hydrogens is 438 g/mol. The lowest BCUT2D eigenvalue weighted by atomic mass is 9.57. The lowest BCUT2D eigenvalue weighted by molar-refractivity contribution is -0.253. The second-order valence-electron chi connectivity index (χ2n) is 8.14. The number of nitrogens with one attached hydrogen (secondary N) is 2. The third kappa shape index (κ3) is 4.37. The molecule has 168 valence electrons. The van der Waals surface area contributed by atoms with Crippen LogP contribution in [0.5, 0.6) is 0 Å². The Balaban J connectivity index is 1.88. The minimum Gasteiger partial charge on any atom is -0.347 e. The van der Waals surface area contributed by atoms with E-state index in [4.69, 9.17) is 0 Å². The first kappa shape index (κ1) is 22.7. The fraction of sp³-hybridized carbons (Fsp3) is 0.611. The Kier molecular flexibility index (Phi) is 5.32. The highest BCUT2D eigenvalue weighted by atomic mass is 32.2. The number of hydrogen-bond donors (Lipinski definition) is 2. The van der Waals surface area contributed by atoms with Crippen molar-refractivity contribution in [3.63, 3.8) is 0 Å². The van der Waals surface area contributed by atoms with Crippen LogP contribution in [0.15, 0.2) is 18.2 Å². The molecule has 1 aromatic carbocycles. The van der Waals surface area contributed by atoms with Gasteiger partial charge in [0.2, 0.25) is 10.0 Å². The lowest BCUT2D eigenvalue weighted by Crippen LogP contribution is -2.59. The average Bonchev–Trinajstić information content (AvgIpc) is 2.60. The Labute approximate surface area is 169 Å². The van der Waals surface area contributed by atoms with Crippen molar-refractivity contribution >= 4 is 21.6 Å². The summed E-state index contributed by atoms with van der Waals surface area (Å²) >= 11 is 0. The summed E-state index contributed by atoms with van der Waals surface area (Å²) in [5.74, 6) is -0.964. The van der Waals surface area contributed by atoms with Gasteiger partial charge in [-0.3, -0.25) is 9.52 Å². The molecule has 30 heavy (non-hydrogen) atoms. The molecule has 2 bridgehead atoms. The number of fused-ring (bicyclic) bond motifs is 3. The molecule has 3 fully saturated rings. The van der Waals surface area contributed by atoms with Crippen molar-refractivity contribution in [2.75, 3.05) is 11.0 Å². The summed E-state index contributed by atoms with van der Waals surface area (Å²) in [5.41, 5.74) is -4.76. The van der Waals surface area contributed by atoms with Crippen LogP contribution in [-0.2, 0) is 16.2 Å². The van der Waals surface area contributed by atoms with Crippen LogP contribution in [0.3, 0.4) is 0 Å². The average molecular weight is 458 g/mol. The number of benzene rings is 1. The molecule has 0 unspecified atom stereocenters. The summed E-state index contributed by atoms with van der Waals surface area (Å²) in [6.45, 7) is 0. The molecule has 3 saturated carbocycles. The number of carbonyl (C=O) groups excluding carboxylic acids is 1. The Morgan fingerprint density at radius 2 is 1.50 bits per heavy atom. The molecule has 5 nitrogen and oxygen atoms in total. The fourth-order valence-corrected chi connectivity index (χ4v) is 4.88. The van der Waals surface area contributed by atoms with Crippen molar-refractivity contribution in [1.82, 2.24) is 5.32 Å². The van der Waals surface area contributed by atoms with E-state index in [1.54, 1.807) is 0 Å². The number of hydrogen-bond acceptors (Lipinski definition) is 3. The Morgan fingerprint density at radius 3 is 1.93 bits per heavy atom. The highest BCUT2D eigenvalue weighted by Crippen LogP contribution is 2.59. The van der Waals surface area contributed by atoms with Gasteiger partial charge in [-0.25, -0.2) is 8.42 Å². The Bertz CT molecular complexity index is 931. The molecular formula is C18H20F6N2O3S. The molecule has 12 heteroatoms. The molecule has 0 radical (unpaired) electrons. The standard InChI is InChI=1S/C18H20F6N2O3S/c1-30(28,29)26-13-3-2-11(17(19,20)21)10-12(13)14(27)25-16-7-4-15(5-8-16,6-9-16)18(22,23)24/h2-3,10,26H,4-9H2,1H3,(H,25,27). The highest BCUT2D eigenvalue weighted by molar-refractivity contribution is 7.92. The molecule has 1 aromatic rings. The van der Waals surface area contributed by atoms with E-state index in [1.165, 1.54) is 0 Å². The maximum Gasteiger partial charge on any atom is 0.416 e. The van der Waals surface area contributed by atoms with Crippen LogP contribution >= 0.6 is 0 Å². The van der Waals surface area contributed by atoms with E-state index < -0.39 is 50.4 Å². The molecule has 0 aliphatic heterocycles. The minimum absolute atomic E-state index is 0.0477. The van der Waals surface area contributed by atoms with E-state index >= 15 is 0 Å². The zero-order valence-electron chi connectivity index (χ0n) is 15.9. The summed E-state index contributed by atoms with van der Waals surface area (Å²) in [5, 5.41) is 2.60. The van der Waals surface area contributed by atoms with E-state index in [9.17, 15) is 39.6 Å². The molecule has 0 saturated heterocycles. The van der Waals surface area contributed by atoms with Gasteiger partial charge >= 0.3 is 12.4 Å². The van der Waals surface area contributed by atoms with Gasteiger partial charge < -0.3 is 5.32 Å². The number of halogens is 6. The molecule has 3 aliphatic rings. The van der Waals surface area contributed by atoms with Gasteiger partial charge in [-0.1, -0.05) is 0 Å². The van der Waals surface area contributed by atoms with Gasteiger partial charge in [0.25, 0.3) is 5.91 Å². The van der Waals surface area contributed by atoms with Crippen LogP contribution in [0, 0.1) is 5.41 Å². The van der Waals surface area contributed by atoms with E-state index in [0.717, 1.165) is 12.3 Å². The number of carbonyl (C=O) groups is 1. The van der Waals surface area contributed by atoms with Crippen LogP contribution < -0.4 is 10.0 Å². The molecule has 3 aliphatic carbocycles. The van der Waals surface area contributed by atoms with Crippen molar-refractivity contribution in [3.8, 4) is 0 Å². The largest absolute Gasteiger partial charge is 0.416 e. The van der Waals surface area contributed by atoms with Crippen LogP contribution in [0.2, 0.25) is 0 Å². The van der Waals surface area contributed by atoms with E-state index in [0.29, 0.717) is 12.1 Å². The lowest BCUT2D eigenvalue weighted by Gasteiger charge is -2.53. The summed E-state index contributed by atoms with van der Waals surface area (Å²) in [4.78, 5) is 12.8. The second kappa shape index (κ2) is 7.03. The number of amides is 1. The molecule has 2 N–H and O–H groups in total. The maximum atomic E-state index is 13.4. The number of rotatable bonds is 4. The van der Waals surface area contributed by atoms with Gasteiger partial charge in [-0.05, 0) is 56.7 Å². The second-order valence-corrected chi connectivity index (χ2v) is 9.89. The Morgan fingerprint density at radius 1 is 0.967 bits per heavy atom. The van der Waals surface area contributed by atoms with Gasteiger partial charge in [-0.15, -0.1) is 0 Å².